The van der Waals surface area contributed by atoms with Crippen LogP contribution in [0.3, 0.4) is 0 Å². The fourth-order valence-electron chi connectivity index (χ4n) is 3.05. The lowest BCUT2D eigenvalue weighted by Gasteiger charge is -2.26. The zero-order chi connectivity index (χ0) is 21.6. The van der Waals surface area contributed by atoms with E-state index in [0.717, 1.165) is 11.3 Å². The Bertz CT molecular complexity index is 938. The standard InChI is InChI=1S/C21H26N2O6S/c1-16(17-3-5-18(27-2)6-4-17)22-21(24)15-29-19-7-9-20(10-8-19)30(25,26)23-11-13-28-14-12-23/h3-10,16H,11-15H2,1-2H3,(H,22,24). The lowest BCUT2D eigenvalue weighted by Crippen LogP contribution is -2.40. The van der Waals surface area contributed by atoms with Gasteiger partial charge in [0.05, 0.1) is 31.3 Å². The van der Waals surface area contributed by atoms with E-state index in [-0.39, 0.29) is 23.5 Å². The predicted molar refractivity (Wildman–Crippen MR) is 111 cm³/mol. The summed E-state index contributed by atoms with van der Waals surface area (Å²) in [4.78, 5) is 12.4. The Kier molecular flexibility index (Phi) is 7.30. The molecule has 0 spiro atoms. The highest BCUT2D eigenvalue weighted by Gasteiger charge is 2.26. The van der Waals surface area contributed by atoms with Crippen molar-refractivity contribution < 1.29 is 27.4 Å². The number of hydrogen-bond donors (Lipinski definition) is 1. The summed E-state index contributed by atoms with van der Waals surface area (Å²) < 4.78 is 42.5. The minimum absolute atomic E-state index is 0.171. The summed E-state index contributed by atoms with van der Waals surface area (Å²) in [7, 11) is -1.95. The molecule has 1 fully saturated rings. The lowest BCUT2D eigenvalue weighted by atomic mass is 10.1. The van der Waals surface area contributed by atoms with Gasteiger partial charge in [0.15, 0.2) is 6.61 Å². The highest BCUT2D eigenvalue weighted by Crippen LogP contribution is 2.21. The van der Waals surface area contributed by atoms with Crippen LogP contribution in [0.15, 0.2) is 53.4 Å². The minimum atomic E-state index is -3.55. The molecule has 0 aliphatic carbocycles. The van der Waals surface area contributed by atoms with Crippen molar-refractivity contribution in [1.29, 1.82) is 0 Å². The maximum atomic E-state index is 12.6. The molecule has 1 atom stereocenters. The number of carbonyl (C=O) groups is 1. The maximum absolute atomic E-state index is 12.6. The molecule has 2 aromatic carbocycles. The second kappa shape index (κ2) is 9.92. The monoisotopic (exact) mass is 434 g/mol. The predicted octanol–water partition coefficient (Wildman–Crippen LogP) is 1.97. The van der Waals surface area contributed by atoms with Crippen molar-refractivity contribution in [2.24, 2.45) is 0 Å². The van der Waals surface area contributed by atoms with E-state index in [9.17, 15) is 13.2 Å². The molecule has 0 aromatic heterocycles. The van der Waals surface area contributed by atoms with E-state index in [4.69, 9.17) is 14.2 Å². The van der Waals surface area contributed by atoms with Gasteiger partial charge in [0, 0.05) is 13.1 Å². The van der Waals surface area contributed by atoms with Crippen molar-refractivity contribution in [3.05, 3.63) is 54.1 Å². The number of rotatable bonds is 8. The highest BCUT2D eigenvalue weighted by molar-refractivity contribution is 7.89. The topological polar surface area (TPSA) is 94.2 Å². The number of sulfonamides is 1. The van der Waals surface area contributed by atoms with Crippen LogP contribution in [0.1, 0.15) is 18.5 Å². The van der Waals surface area contributed by atoms with Gasteiger partial charge in [0.25, 0.3) is 5.91 Å². The summed E-state index contributed by atoms with van der Waals surface area (Å²) in [6.07, 6.45) is 0. The first-order valence-corrected chi connectivity index (χ1v) is 11.1. The van der Waals surface area contributed by atoms with Gasteiger partial charge in [0.2, 0.25) is 10.0 Å². The maximum Gasteiger partial charge on any atom is 0.258 e. The second-order valence-electron chi connectivity index (χ2n) is 6.84. The van der Waals surface area contributed by atoms with E-state index in [2.05, 4.69) is 5.32 Å². The molecule has 9 heteroatoms. The molecule has 2 aromatic rings. The molecule has 0 radical (unpaired) electrons. The molecule has 1 amide bonds. The number of amides is 1. The van der Waals surface area contributed by atoms with E-state index in [1.54, 1.807) is 19.2 Å². The average molecular weight is 435 g/mol. The Morgan fingerprint density at radius 3 is 2.27 bits per heavy atom. The van der Waals surface area contributed by atoms with Crippen LogP contribution in [0.2, 0.25) is 0 Å². The van der Waals surface area contributed by atoms with Gasteiger partial charge in [-0.15, -0.1) is 0 Å². The molecular weight excluding hydrogens is 408 g/mol. The molecule has 1 aliphatic rings. The molecule has 0 bridgehead atoms. The van der Waals surface area contributed by atoms with Crippen LogP contribution in [0.25, 0.3) is 0 Å². The molecular formula is C21H26N2O6S. The molecule has 8 nitrogen and oxygen atoms in total. The number of hydrogen-bond acceptors (Lipinski definition) is 6. The first kappa shape index (κ1) is 22.1. The third kappa shape index (κ3) is 5.50. The number of ether oxygens (including phenoxy) is 3. The first-order chi connectivity index (χ1) is 14.4. The lowest BCUT2D eigenvalue weighted by molar-refractivity contribution is -0.123. The summed E-state index contributed by atoms with van der Waals surface area (Å²) in [5.74, 6) is 0.895. The number of morpholine rings is 1. The summed E-state index contributed by atoms with van der Waals surface area (Å²) in [5.41, 5.74) is 0.946. The van der Waals surface area contributed by atoms with Crippen molar-refractivity contribution in [2.45, 2.75) is 17.9 Å². The number of carbonyl (C=O) groups excluding carboxylic acids is 1. The SMILES string of the molecule is COc1ccc(C(C)NC(=O)COc2ccc(S(=O)(=O)N3CCOCC3)cc2)cc1. The van der Waals surface area contributed by atoms with Crippen LogP contribution in [-0.4, -0.2) is 58.7 Å². The van der Waals surface area contributed by atoms with Gasteiger partial charge in [0.1, 0.15) is 11.5 Å². The largest absolute Gasteiger partial charge is 0.497 e. The van der Waals surface area contributed by atoms with Gasteiger partial charge in [-0.2, -0.15) is 4.31 Å². The summed E-state index contributed by atoms with van der Waals surface area (Å²) in [5, 5.41) is 2.86. The second-order valence-corrected chi connectivity index (χ2v) is 8.78. The van der Waals surface area contributed by atoms with Gasteiger partial charge >= 0.3 is 0 Å². The van der Waals surface area contributed by atoms with Gasteiger partial charge in [-0.05, 0) is 48.9 Å². The molecule has 1 aliphatic heterocycles. The molecule has 1 N–H and O–H groups in total. The number of methoxy groups -OCH3 is 1. The van der Waals surface area contributed by atoms with Crippen molar-refractivity contribution in [3.63, 3.8) is 0 Å². The highest BCUT2D eigenvalue weighted by atomic mass is 32.2. The minimum Gasteiger partial charge on any atom is -0.497 e. The Hall–Kier alpha value is -2.62. The van der Waals surface area contributed by atoms with Crippen LogP contribution < -0.4 is 14.8 Å². The zero-order valence-electron chi connectivity index (χ0n) is 17.0. The Balaban J connectivity index is 1.52. The molecule has 1 saturated heterocycles. The van der Waals surface area contributed by atoms with E-state index in [1.807, 2.05) is 31.2 Å². The van der Waals surface area contributed by atoms with Crippen LogP contribution in [0.5, 0.6) is 11.5 Å². The number of nitrogens with zero attached hydrogens (tertiary/aromatic N) is 1. The van der Waals surface area contributed by atoms with Crippen molar-refractivity contribution in [2.75, 3.05) is 40.0 Å². The van der Waals surface area contributed by atoms with Gasteiger partial charge in [-0.25, -0.2) is 8.42 Å². The van der Waals surface area contributed by atoms with Crippen LogP contribution in [0.4, 0.5) is 0 Å². The quantitative estimate of drug-likeness (QED) is 0.683. The fourth-order valence-corrected chi connectivity index (χ4v) is 4.46. The normalized spacial score (nSPS) is 15.9. The van der Waals surface area contributed by atoms with Gasteiger partial charge in [-0.1, -0.05) is 12.1 Å². The van der Waals surface area contributed by atoms with Crippen molar-refractivity contribution in [1.82, 2.24) is 9.62 Å². The molecule has 1 unspecified atom stereocenters. The number of benzene rings is 2. The molecule has 30 heavy (non-hydrogen) atoms. The average Bonchev–Trinajstić information content (AvgIpc) is 2.78. The zero-order valence-corrected chi connectivity index (χ0v) is 17.9. The molecule has 3 rings (SSSR count). The smallest absolute Gasteiger partial charge is 0.258 e. The molecule has 162 valence electrons. The summed E-state index contributed by atoms with van der Waals surface area (Å²) in [6.45, 7) is 3.18. The van der Waals surface area contributed by atoms with Crippen LogP contribution >= 0.6 is 0 Å². The Morgan fingerprint density at radius 1 is 1.07 bits per heavy atom. The van der Waals surface area contributed by atoms with Gasteiger partial charge < -0.3 is 19.5 Å². The first-order valence-electron chi connectivity index (χ1n) is 9.64. The summed E-state index contributed by atoms with van der Waals surface area (Å²) in [6, 6.07) is 13.3. The van der Waals surface area contributed by atoms with E-state index in [1.165, 1.54) is 16.4 Å². The Labute approximate surface area is 176 Å². The van der Waals surface area contributed by atoms with E-state index in [0.29, 0.717) is 32.1 Å². The fraction of sp³-hybridized carbons (Fsp3) is 0.381. The molecule has 0 saturated carbocycles. The van der Waals surface area contributed by atoms with Crippen molar-refractivity contribution in [3.8, 4) is 11.5 Å². The van der Waals surface area contributed by atoms with E-state index < -0.39 is 10.0 Å². The third-order valence-electron chi connectivity index (χ3n) is 4.79. The third-order valence-corrected chi connectivity index (χ3v) is 6.71. The van der Waals surface area contributed by atoms with Gasteiger partial charge in [-0.3, -0.25) is 4.79 Å². The molecule has 1 heterocycles. The number of nitrogens with one attached hydrogen (secondary N) is 1. The van der Waals surface area contributed by atoms with Crippen LogP contribution in [-0.2, 0) is 19.6 Å². The summed E-state index contributed by atoms with van der Waals surface area (Å²) >= 11 is 0. The van der Waals surface area contributed by atoms with Crippen LogP contribution in [0, 0.1) is 0 Å². The van der Waals surface area contributed by atoms with E-state index >= 15 is 0 Å². The Morgan fingerprint density at radius 2 is 1.67 bits per heavy atom. The van der Waals surface area contributed by atoms with Crippen molar-refractivity contribution >= 4 is 15.9 Å².